The lowest BCUT2D eigenvalue weighted by atomic mass is 10.3. The van der Waals surface area contributed by atoms with Crippen LogP contribution in [0.5, 0.6) is 5.75 Å². The molecule has 4 nitrogen and oxygen atoms in total. The van der Waals surface area contributed by atoms with Crippen LogP contribution in [-0.2, 0) is 9.53 Å². The average molecular weight is 286 g/mol. The molecule has 1 N–H and O–H groups in total. The van der Waals surface area contributed by atoms with Gasteiger partial charge in [0.2, 0.25) is 0 Å². The molecule has 0 heterocycles. The molecule has 0 amide bonds. The van der Waals surface area contributed by atoms with Crippen molar-refractivity contribution in [3.05, 3.63) is 34.9 Å². The minimum atomic E-state index is -0.435. The van der Waals surface area contributed by atoms with Gasteiger partial charge in [-0.05, 0) is 28.1 Å². The molecule has 0 atom stereocenters. The second-order valence-electron chi connectivity index (χ2n) is 2.86. The lowest BCUT2D eigenvalue weighted by molar-refractivity contribution is -0.135. The first-order valence-corrected chi connectivity index (χ1v) is 5.31. The molecule has 0 spiro atoms. The van der Waals surface area contributed by atoms with Crippen LogP contribution in [0.25, 0.3) is 0 Å². The van der Waals surface area contributed by atoms with Crippen molar-refractivity contribution in [2.45, 2.75) is 0 Å². The Kier molecular flexibility index (Phi) is 4.85. The number of halogens is 1. The topological polar surface area (TPSA) is 47.6 Å². The summed E-state index contributed by atoms with van der Waals surface area (Å²) in [6.07, 6.45) is 1.51. The molecule has 0 aliphatic heterocycles. The Balaban J connectivity index is 2.70. The van der Waals surface area contributed by atoms with Crippen LogP contribution in [0.1, 0.15) is 0 Å². The van der Waals surface area contributed by atoms with Gasteiger partial charge in [0.05, 0.1) is 14.2 Å². The van der Waals surface area contributed by atoms with Gasteiger partial charge < -0.3 is 14.8 Å². The van der Waals surface area contributed by atoms with Gasteiger partial charge in [-0.25, -0.2) is 4.79 Å². The molecule has 0 aliphatic rings. The molecule has 16 heavy (non-hydrogen) atoms. The first kappa shape index (κ1) is 12.6. The number of hydrogen-bond acceptors (Lipinski definition) is 4. The Morgan fingerprint density at radius 1 is 1.44 bits per heavy atom. The predicted molar refractivity (Wildman–Crippen MR) is 65.6 cm³/mol. The van der Waals surface area contributed by atoms with Crippen LogP contribution in [0, 0.1) is 0 Å². The monoisotopic (exact) mass is 285 g/mol. The fourth-order valence-corrected chi connectivity index (χ4v) is 1.29. The van der Waals surface area contributed by atoms with E-state index in [1.165, 1.54) is 13.3 Å². The second kappa shape index (κ2) is 6.17. The molecule has 0 fully saturated rings. The van der Waals surface area contributed by atoms with Crippen molar-refractivity contribution in [1.29, 1.82) is 0 Å². The first-order chi connectivity index (χ1) is 7.67. The number of anilines is 1. The van der Waals surface area contributed by atoms with Gasteiger partial charge >= 0.3 is 5.97 Å². The zero-order chi connectivity index (χ0) is 12.0. The van der Waals surface area contributed by atoms with Crippen molar-refractivity contribution in [2.75, 3.05) is 19.5 Å². The molecule has 5 heteroatoms. The minimum Gasteiger partial charge on any atom is -0.497 e. The van der Waals surface area contributed by atoms with Crippen LogP contribution in [-0.4, -0.2) is 20.2 Å². The van der Waals surface area contributed by atoms with Gasteiger partial charge in [-0.2, -0.15) is 0 Å². The SMILES string of the molecule is COC(=O)/C(Br)=C/Nc1cccc(OC)c1. The van der Waals surface area contributed by atoms with Gasteiger partial charge in [0, 0.05) is 18.0 Å². The van der Waals surface area contributed by atoms with E-state index in [1.807, 2.05) is 24.3 Å². The highest BCUT2D eigenvalue weighted by Gasteiger charge is 2.04. The Morgan fingerprint density at radius 3 is 2.81 bits per heavy atom. The molecule has 1 aromatic carbocycles. The fraction of sp³-hybridized carbons (Fsp3) is 0.182. The zero-order valence-electron chi connectivity index (χ0n) is 8.99. The summed E-state index contributed by atoms with van der Waals surface area (Å²) in [6.45, 7) is 0. The van der Waals surface area contributed by atoms with Gasteiger partial charge in [-0.1, -0.05) is 6.07 Å². The summed E-state index contributed by atoms with van der Waals surface area (Å²) < 4.78 is 9.91. The molecular formula is C11H12BrNO3. The quantitative estimate of drug-likeness (QED) is 0.682. The number of nitrogens with one attached hydrogen (secondary N) is 1. The number of rotatable bonds is 4. The molecule has 0 bridgehead atoms. The van der Waals surface area contributed by atoms with Crippen LogP contribution in [0.3, 0.4) is 0 Å². The van der Waals surface area contributed by atoms with E-state index in [1.54, 1.807) is 7.11 Å². The Morgan fingerprint density at radius 2 is 2.19 bits per heavy atom. The van der Waals surface area contributed by atoms with E-state index in [-0.39, 0.29) is 0 Å². The molecule has 0 aliphatic carbocycles. The van der Waals surface area contributed by atoms with Crippen LogP contribution in [0.4, 0.5) is 5.69 Å². The van der Waals surface area contributed by atoms with Gasteiger partial charge in [0.1, 0.15) is 10.2 Å². The van der Waals surface area contributed by atoms with Crippen molar-refractivity contribution >= 4 is 27.6 Å². The highest BCUT2D eigenvalue weighted by molar-refractivity contribution is 9.12. The van der Waals surface area contributed by atoms with Crippen molar-refractivity contribution in [2.24, 2.45) is 0 Å². The largest absolute Gasteiger partial charge is 0.497 e. The molecule has 0 aromatic heterocycles. The summed E-state index contributed by atoms with van der Waals surface area (Å²) in [5.74, 6) is 0.308. The molecule has 0 saturated heterocycles. The standard InChI is InChI=1S/C11H12BrNO3/c1-15-9-5-3-4-8(6-9)13-7-10(12)11(14)16-2/h3-7,13H,1-2H3/b10-7-. The van der Waals surface area contributed by atoms with Crippen molar-refractivity contribution < 1.29 is 14.3 Å². The van der Waals surface area contributed by atoms with Crippen LogP contribution in [0.2, 0.25) is 0 Å². The third-order valence-electron chi connectivity index (χ3n) is 1.82. The smallest absolute Gasteiger partial charge is 0.346 e. The average Bonchev–Trinajstić information content (AvgIpc) is 2.35. The number of ether oxygens (including phenoxy) is 2. The molecule has 1 aromatic rings. The van der Waals surface area contributed by atoms with E-state index in [9.17, 15) is 4.79 Å². The summed E-state index contributed by atoms with van der Waals surface area (Å²) >= 11 is 3.09. The summed E-state index contributed by atoms with van der Waals surface area (Å²) in [5, 5.41) is 2.94. The number of carbonyl (C=O) groups is 1. The summed E-state index contributed by atoms with van der Waals surface area (Å²) in [7, 11) is 2.92. The van der Waals surface area contributed by atoms with E-state index < -0.39 is 5.97 Å². The third kappa shape index (κ3) is 3.58. The molecule has 0 radical (unpaired) electrons. The first-order valence-electron chi connectivity index (χ1n) is 4.52. The number of methoxy groups -OCH3 is 2. The van der Waals surface area contributed by atoms with Gasteiger partial charge in [0.15, 0.2) is 0 Å². The maximum Gasteiger partial charge on any atom is 0.346 e. The highest BCUT2D eigenvalue weighted by Crippen LogP contribution is 2.17. The number of hydrogen-bond donors (Lipinski definition) is 1. The Hall–Kier alpha value is -1.49. The summed E-state index contributed by atoms with van der Waals surface area (Å²) in [6, 6.07) is 7.36. The lowest BCUT2D eigenvalue weighted by Crippen LogP contribution is -2.01. The second-order valence-corrected chi connectivity index (χ2v) is 3.71. The van der Waals surface area contributed by atoms with E-state index in [4.69, 9.17) is 4.74 Å². The zero-order valence-corrected chi connectivity index (χ0v) is 10.6. The number of carbonyl (C=O) groups excluding carboxylic acids is 1. The Bertz CT molecular complexity index is 404. The molecule has 0 saturated carbocycles. The third-order valence-corrected chi connectivity index (χ3v) is 2.37. The fourth-order valence-electron chi connectivity index (χ4n) is 1.02. The van der Waals surface area contributed by atoms with Crippen LogP contribution >= 0.6 is 15.9 Å². The van der Waals surface area contributed by atoms with Gasteiger partial charge in [-0.15, -0.1) is 0 Å². The minimum absolute atomic E-state index is 0.317. The van der Waals surface area contributed by atoms with Crippen molar-refractivity contribution in [1.82, 2.24) is 0 Å². The predicted octanol–water partition coefficient (Wildman–Crippen LogP) is 2.52. The van der Waals surface area contributed by atoms with E-state index >= 15 is 0 Å². The summed E-state index contributed by atoms with van der Waals surface area (Å²) in [4.78, 5) is 11.1. The van der Waals surface area contributed by atoms with E-state index in [2.05, 4.69) is 26.0 Å². The summed E-state index contributed by atoms with van der Waals surface area (Å²) in [5.41, 5.74) is 0.820. The molecule has 1 rings (SSSR count). The van der Waals surface area contributed by atoms with E-state index in [0.717, 1.165) is 11.4 Å². The van der Waals surface area contributed by atoms with Gasteiger partial charge in [0.25, 0.3) is 0 Å². The van der Waals surface area contributed by atoms with Crippen LogP contribution < -0.4 is 10.1 Å². The molecular weight excluding hydrogens is 274 g/mol. The van der Waals surface area contributed by atoms with Crippen molar-refractivity contribution in [3.63, 3.8) is 0 Å². The molecule has 86 valence electrons. The molecule has 0 unspecified atom stereocenters. The van der Waals surface area contributed by atoms with Crippen LogP contribution in [0.15, 0.2) is 34.9 Å². The highest BCUT2D eigenvalue weighted by atomic mass is 79.9. The Labute approximate surface area is 102 Å². The van der Waals surface area contributed by atoms with E-state index in [0.29, 0.717) is 4.48 Å². The van der Waals surface area contributed by atoms with Gasteiger partial charge in [-0.3, -0.25) is 0 Å². The lowest BCUT2D eigenvalue weighted by Gasteiger charge is -2.04. The maximum atomic E-state index is 11.1. The maximum absolute atomic E-state index is 11.1. The number of esters is 1. The number of benzene rings is 1. The van der Waals surface area contributed by atoms with Crippen molar-refractivity contribution in [3.8, 4) is 5.75 Å². The normalized spacial score (nSPS) is 10.8.